The van der Waals surface area contributed by atoms with Gasteiger partial charge in [0, 0.05) is 12.1 Å². The molecule has 0 bridgehead atoms. The third-order valence-corrected chi connectivity index (χ3v) is 5.93. The van der Waals surface area contributed by atoms with E-state index in [9.17, 15) is 18.3 Å². The normalized spacial score (nSPS) is 32.4. The molecule has 1 aliphatic carbocycles. The molecule has 116 valence electrons. The fourth-order valence-electron chi connectivity index (χ4n) is 3.31. The van der Waals surface area contributed by atoms with Gasteiger partial charge in [-0.05, 0) is 52.1 Å². The van der Waals surface area contributed by atoms with Gasteiger partial charge < -0.3 is 10.0 Å². The molecule has 1 aliphatic heterocycles. The Bertz CT molecular complexity index is 445. The monoisotopic (exact) mass is 304 g/mol. The van der Waals surface area contributed by atoms with Crippen LogP contribution in [0.3, 0.4) is 0 Å². The van der Waals surface area contributed by atoms with Gasteiger partial charge in [-0.25, -0.2) is 13.1 Å². The average Bonchev–Trinajstić information content (AvgIpc) is 2.92. The number of likely N-dealkylation sites (tertiary alicyclic amines) is 1. The minimum absolute atomic E-state index is 0.00854. The molecule has 2 fully saturated rings. The molecule has 3 unspecified atom stereocenters. The first-order valence-corrected chi connectivity index (χ1v) is 9.05. The van der Waals surface area contributed by atoms with E-state index in [1.165, 1.54) is 12.8 Å². The molecule has 0 spiro atoms. The summed E-state index contributed by atoms with van der Waals surface area (Å²) in [6, 6.07) is -0.169. The molecule has 2 rings (SSSR count). The number of rotatable bonds is 5. The molecular formula is C13H24N2O4S. The minimum Gasteiger partial charge on any atom is -0.481 e. The number of carbonyl (C=O) groups is 1. The summed E-state index contributed by atoms with van der Waals surface area (Å²) in [4.78, 5) is 13.8. The zero-order valence-corrected chi connectivity index (χ0v) is 12.7. The van der Waals surface area contributed by atoms with Gasteiger partial charge in [0.15, 0.2) is 0 Å². The summed E-state index contributed by atoms with van der Waals surface area (Å²) in [5.74, 6) is -1.51. The van der Waals surface area contributed by atoms with Crippen LogP contribution >= 0.6 is 0 Å². The fraction of sp³-hybridized carbons (Fsp3) is 0.923. The van der Waals surface area contributed by atoms with Gasteiger partial charge in [0.1, 0.15) is 0 Å². The van der Waals surface area contributed by atoms with E-state index >= 15 is 0 Å². The summed E-state index contributed by atoms with van der Waals surface area (Å²) in [5, 5.41) is 9.39. The number of hydrogen-bond acceptors (Lipinski definition) is 4. The SMILES string of the molecule is CCS(=O)(=O)NC1CCC(N2CCCC2)CC1C(=O)O. The number of nitrogens with zero attached hydrogens (tertiary/aromatic N) is 1. The van der Waals surface area contributed by atoms with Gasteiger partial charge in [0.05, 0.1) is 11.7 Å². The Morgan fingerprint density at radius 2 is 1.95 bits per heavy atom. The van der Waals surface area contributed by atoms with Crippen LogP contribution in [0.15, 0.2) is 0 Å². The van der Waals surface area contributed by atoms with Gasteiger partial charge in [0.2, 0.25) is 10.0 Å². The molecule has 3 atom stereocenters. The van der Waals surface area contributed by atoms with Crippen LogP contribution in [0.1, 0.15) is 39.0 Å². The standard InChI is InChI=1S/C13H24N2O4S/c1-2-20(18,19)14-12-6-5-10(9-11(12)13(16)17)15-7-3-4-8-15/h10-12,14H,2-9H2,1H3,(H,16,17). The molecule has 6 nitrogen and oxygen atoms in total. The molecule has 1 heterocycles. The topological polar surface area (TPSA) is 86.7 Å². The first-order chi connectivity index (χ1) is 9.43. The first-order valence-electron chi connectivity index (χ1n) is 7.40. The van der Waals surface area contributed by atoms with Crippen molar-refractivity contribution in [2.75, 3.05) is 18.8 Å². The van der Waals surface area contributed by atoms with Gasteiger partial charge in [-0.15, -0.1) is 0 Å². The molecule has 2 N–H and O–H groups in total. The first kappa shape index (κ1) is 15.7. The minimum atomic E-state index is -3.35. The van der Waals surface area contributed by atoms with Gasteiger partial charge in [-0.3, -0.25) is 4.79 Å². The van der Waals surface area contributed by atoms with E-state index < -0.39 is 28.0 Å². The molecule has 0 aromatic rings. The molecule has 20 heavy (non-hydrogen) atoms. The molecule has 0 aromatic carbocycles. The van der Waals surface area contributed by atoms with Crippen molar-refractivity contribution in [3.8, 4) is 0 Å². The van der Waals surface area contributed by atoms with Crippen molar-refractivity contribution < 1.29 is 18.3 Å². The smallest absolute Gasteiger partial charge is 0.308 e. The van der Waals surface area contributed by atoms with Gasteiger partial charge in [-0.2, -0.15) is 0 Å². The Kier molecular flexibility index (Phi) is 5.04. The van der Waals surface area contributed by atoms with Crippen LogP contribution in [-0.2, 0) is 14.8 Å². The van der Waals surface area contributed by atoms with Crippen LogP contribution in [-0.4, -0.2) is 55.3 Å². The molecule has 0 amide bonds. The lowest BCUT2D eigenvalue weighted by Crippen LogP contribution is -2.51. The molecule has 0 radical (unpaired) electrons. The van der Waals surface area contributed by atoms with Crippen LogP contribution in [0.5, 0.6) is 0 Å². The predicted molar refractivity (Wildman–Crippen MR) is 76.0 cm³/mol. The van der Waals surface area contributed by atoms with Crippen LogP contribution in [0.4, 0.5) is 0 Å². The molecule has 0 aromatic heterocycles. The number of nitrogens with one attached hydrogen (secondary N) is 1. The Balaban J connectivity index is 2.03. The lowest BCUT2D eigenvalue weighted by Gasteiger charge is -2.38. The Morgan fingerprint density at radius 1 is 1.30 bits per heavy atom. The highest BCUT2D eigenvalue weighted by Gasteiger charge is 2.39. The number of carboxylic acid groups (broad SMARTS) is 1. The maximum atomic E-state index is 11.7. The average molecular weight is 304 g/mol. The lowest BCUT2D eigenvalue weighted by molar-refractivity contribution is -0.144. The number of carboxylic acids is 1. The maximum Gasteiger partial charge on any atom is 0.308 e. The highest BCUT2D eigenvalue weighted by Crippen LogP contribution is 2.30. The number of hydrogen-bond donors (Lipinski definition) is 2. The Labute approximate surface area is 120 Å². The van der Waals surface area contributed by atoms with Crippen molar-refractivity contribution in [3.63, 3.8) is 0 Å². The summed E-state index contributed by atoms with van der Waals surface area (Å²) in [7, 11) is -3.35. The second-order valence-electron chi connectivity index (χ2n) is 5.78. The second-order valence-corrected chi connectivity index (χ2v) is 7.82. The summed E-state index contributed by atoms with van der Waals surface area (Å²) in [6.07, 6.45) is 4.39. The van der Waals surface area contributed by atoms with E-state index in [4.69, 9.17) is 0 Å². The second kappa shape index (κ2) is 6.41. The molecular weight excluding hydrogens is 280 g/mol. The van der Waals surface area contributed by atoms with E-state index in [1.807, 2.05) is 0 Å². The lowest BCUT2D eigenvalue weighted by atomic mass is 9.81. The van der Waals surface area contributed by atoms with Crippen molar-refractivity contribution >= 4 is 16.0 Å². The van der Waals surface area contributed by atoms with Gasteiger partial charge in [-0.1, -0.05) is 0 Å². The molecule has 2 aliphatic rings. The quantitative estimate of drug-likeness (QED) is 0.778. The molecule has 1 saturated carbocycles. The van der Waals surface area contributed by atoms with Crippen molar-refractivity contribution in [1.82, 2.24) is 9.62 Å². The van der Waals surface area contributed by atoms with Crippen LogP contribution in [0.2, 0.25) is 0 Å². The summed E-state index contributed by atoms with van der Waals surface area (Å²) < 4.78 is 25.9. The molecule has 1 saturated heterocycles. The zero-order chi connectivity index (χ0) is 14.8. The Hall–Kier alpha value is -0.660. The number of aliphatic carboxylic acids is 1. The predicted octanol–water partition coefficient (Wildman–Crippen LogP) is 0.643. The Morgan fingerprint density at radius 3 is 2.50 bits per heavy atom. The highest BCUT2D eigenvalue weighted by atomic mass is 32.2. The van der Waals surface area contributed by atoms with E-state index in [0.29, 0.717) is 18.9 Å². The summed E-state index contributed by atoms with van der Waals surface area (Å²) in [5.41, 5.74) is 0. The van der Waals surface area contributed by atoms with Gasteiger partial charge >= 0.3 is 5.97 Å². The summed E-state index contributed by atoms with van der Waals surface area (Å²) >= 11 is 0. The van der Waals surface area contributed by atoms with Crippen molar-refractivity contribution in [3.05, 3.63) is 0 Å². The largest absolute Gasteiger partial charge is 0.481 e. The highest BCUT2D eigenvalue weighted by molar-refractivity contribution is 7.89. The van der Waals surface area contributed by atoms with Crippen LogP contribution in [0.25, 0.3) is 0 Å². The maximum absolute atomic E-state index is 11.7. The van der Waals surface area contributed by atoms with Crippen LogP contribution < -0.4 is 4.72 Å². The van der Waals surface area contributed by atoms with E-state index in [1.54, 1.807) is 6.92 Å². The third kappa shape index (κ3) is 3.71. The fourth-order valence-corrected chi connectivity index (χ4v) is 4.22. The van der Waals surface area contributed by atoms with E-state index in [-0.39, 0.29) is 5.75 Å². The van der Waals surface area contributed by atoms with E-state index in [0.717, 1.165) is 19.5 Å². The summed E-state index contributed by atoms with van der Waals surface area (Å²) in [6.45, 7) is 3.65. The van der Waals surface area contributed by atoms with Crippen LogP contribution in [0, 0.1) is 5.92 Å². The molecule has 7 heteroatoms. The van der Waals surface area contributed by atoms with Crippen molar-refractivity contribution in [2.45, 2.75) is 51.1 Å². The number of sulfonamides is 1. The van der Waals surface area contributed by atoms with E-state index in [2.05, 4.69) is 9.62 Å². The van der Waals surface area contributed by atoms with Gasteiger partial charge in [0.25, 0.3) is 0 Å². The third-order valence-electron chi connectivity index (χ3n) is 4.51. The van der Waals surface area contributed by atoms with Crippen molar-refractivity contribution in [1.29, 1.82) is 0 Å². The zero-order valence-electron chi connectivity index (χ0n) is 11.9. The van der Waals surface area contributed by atoms with Crippen molar-refractivity contribution in [2.24, 2.45) is 5.92 Å².